The first-order valence-corrected chi connectivity index (χ1v) is 12.5. The third-order valence-electron chi connectivity index (χ3n) is 5.93. The Morgan fingerprint density at radius 1 is 1.03 bits per heavy atom. The molecular formula is C23H29N3O4S. The molecule has 1 aromatic carbocycles. The van der Waals surface area contributed by atoms with Gasteiger partial charge in [-0.3, -0.25) is 4.79 Å². The molecule has 1 saturated heterocycles. The molecule has 1 aromatic heterocycles. The van der Waals surface area contributed by atoms with E-state index in [4.69, 9.17) is 4.74 Å². The zero-order valence-electron chi connectivity index (χ0n) is 17.6. The lowest BCUT2D eigenvalue weighted by Gasteiger charge is -2.26. The molecule has 7 nitrogen and oxygen atoms in total. The smallest absolute Gasteiger partial charge is 0.252 e. The van der Waals surface area contributed by atoms with Crippen LogP contribution < -0.4 is 10.1 Å². The molecule has 1 N–H and O–H groups in total. The highest BCUT2D eigenvalue weighted by Gasteiger charge is 2.29. The van der Waals surface area contributed by atoms with Crippen LogP contribution in [0.3, 0.4) is 0 Å². The summed E-state index contributed by atoms with van der Waals surface area (Å²) in [5.41, 5.74) is 0.939. The van der Waals surface area contributed by atoms with Crippen molar-refractivity contribution < 1.29 is 17.9 Å². The Morgan fingerprint density at radius 3 is 2.55 bits per heavy atom. The van der Waals surface area contributed by atoms with Crippen molar-refractivity contribution in [2.45, 2.75) is 62.5 Å². The number of rotatable bonds is 7. The molecule has 166 valence electrons. The van der Waals surface area contributed by atoms with Crippen molar-refractivity contribution in [3.63, 3.8) is 0 Å². The van der Waals surface area contributed by atoms with Gasteiger partial charge in [0.1, 0.15) is 6.10 Å². The Morgan fingerprint density at radius 2 is 1.77 bits per heavy atom. The van der Waals surface area contributed by atoms with Crippen LogP contribution in [0, 0.1) is 0 Å². The molecule has 1 amide bonds. The van der Waals surface area contributed by atoms with E-state index < -0.39 is 15.9 Å². The Bertz CT molecular complexity index is 1010. The van der Waals surface area contributed by atoms with Crippen LogP contribution in [0.1, 0.15) is 60.9 Å². The fourth-order valence-electron chi connectivity index (χ4n) is 4.22. The fourth-order valence-corrected chi connectivity index (χ4v) is 5.93. The fraction of sp³-hybridized carbons (Fsp3) is 0.478. The van der Waals surface area contributed by atoms with Crippen LogP contribution in [0.5, 0.6) is 5.88 Å². The summed E-state index contributed by atoms with van der Waals surface area (Å²) in [4.78, 5) is 17.4. The van der Waals surface area contributed by atoms with Crippen LogP contribution in [-0.4, -0.2) is 42.8 Å². The summed E-state index contributed by atoms with van der Waals surface area (Å²) in [5, 5.41) is 2.85. The normalized spacial score (nSPS) is 18.1. The number of carbonyl (C=O) groups is 1. The predicted molar refractivity (Wildman–Crippen MR) is 117 cm³/mol. The molecule has 1 aliphatic carbocycles. The Labute approximate surface area is 183 Å². The molecular weight excluding hydrogens is 414 g/mol. The number of pyridine rings is 1. The molecule has 8 heteroatoms. The summed E-state index contributed by atoms with van der Waals surface area (Å²) in [6, 6.07) is 10.1. The second-order valence-corrected chi connectivity index (χ2v) is 10.0. The first kappa shape index (κ1) is 21.8. The van der Waals surface area contributed by atoms with E-state index in [9.17, 15) is 13.2 Å². The van der Waals surface area contributed by atoms with Crippen molar-refractivity contribution in [1.82, 2.24) is 14.6 Å². The first-order valence-electron chi connectivity index (χ1n) is 11.0. The average Bonchev–Trinajstić information content (AvgIpc) is 3.32. The van der Waals surface area contributed by atoms with Gasteiger partial charge in [-0.2, -0.15) is 4.31 Å². The van der Waals surface area contributed by atoms with Crippen molar-refractivity contribution in [1.29, 1.82) is 0 Å². The minimum atomic E-state index is -3.71. The number of nitrogens with one attached hydrogen (secondary N) is 1. The minimum Gasteiger partial charge on any atom is -0.474 e. The lowest BCUT2D eigenvalue weighted by molar-refractivity contribution is 0.0946. The van der Waals surface area contributed by atoms with Gasteiger partial charge in [0.05, 0.1) is 10.5 Å². The van der Waals surface area contributed by atoms with Gasteiger partial charge in [-0.25, -0.2) is 13.4 Å². The number of ether oxygens (including phenoxy) is 1. The molecule has 0 atom stereocenters. The van der Waals surface area contributed by atoms with Gasteiger partial charge in [0.15, 0.2) is 0 Å². The van der Waals surface area contributed by atoms with E-state index in [1.165, 1.54) is 10.4 Å². The van der Waals surface area contributed by atoms with Crippen LogP contribution in [0.25, 0.3) is 0 Å². The van der Waals surface area contributed by atoms with Crippen molar-refractivity contribution >= 4 is 15.9 Å². The SMILES string of the molecule is O=C(NCc1cccnc1OC1CCCC1)c1ccccc1S(=O)(=O)N1CCCCC1. The maximum atomic E-state index is 13.2. The summed E-state index contributed by atoms with van der Waals surface area (Å²) in [7, 11) is -3.71. The number of sulfonamides is 1. The molecule has 0 spiro atoms. The van der Waals surface area contributed by atoms with Crippen molar-refractivity contribution in [2.24, 2.45) is 0 Å². The van der Waals surface area contributed by atoms with E-state index >= 15 is 0 Å². The average molecular weight is 444 g/mol. The van der Waals surface area contributed by atoms with Gasteiger partial charge in [0.2, 0.25) is 15.9 Å². The van der Waals surface area contributed by atoms with E-state index in [1.807, 2.05) is 6.07 Å². The van der Waals surface area contributed by atoms with E-state index in [1.54, 1.807) is 30.5 Å². The van der Waals surface area contributed by atoms with Crippen molar-refractivity contribution in [3.8, 4) is 5.88 Å². The van der Waals surface area contributed by atoms with Crippen molar-refractivity contribution in [2.75, 3.05) is 13.1 Å². The van der Waals surface area contributed by atoms with Crippen LogP contribution in [0.4, 0.5) is 0 Å². The number of benzene rings is 1. The predicted octanol–water partition coefficient (Wildman–Crippen LogP) is 3.51. The van der Waals surface area contributed by atoms with E-state index in [0.29, 0.717) is 19.0 Å². The third-order valence-corrected chi connectivity index (χ3v) is 7.89. The zero-order valence-corrected chi connectivity index (χ0v) is 18.4. The number of hydrogen-bond acceptors (Lipinski definition) is 5. The molecule has 0 bridgehead atoms. The van der Waals surface area contributed by atoms with E-state index in [-0.39, 0.29) is 23.1 Å². The Kier molecular flexibility index (Phi) is 6.87. The zero-order chi connectivity index (χ0) is 21.7. The Balaban J connectivity index is 1.49. The van der Waals surface area contributed by atoms with Crippen LogP contribution in [0.15, 0.2) is 47.5 Å². The van der Waals surface area contributed by atoms with Crippen molar-refractivity contribution in [3.05, 3.63) is 53.7 Å². The van der Waals surface area contributed by atoms with Gasteiger partial charge in [0.25, 0.3) is 5.91 Å². The quantitative estimate of drug-likeness (QED) is 0.707. The number of piperidine rings is 1. The van der Waals surface area contributed by atoms with Crippen LogP contribution in [0.2, 0.25) is 0 Å². The second kappa shape index (κ2) is 9.78. The van der Waals surface area contributed by atoms with E-state index in [2.05, 4.69) is 10.3 Å². The molecule has 4 rings (SSSR count). The highest BCUT2D eigenvalue weighted by molar-refractivity contribution is 7.89. The van der Waals surface area contributed by atoms with Gasteiger partial charge in [-0.05, 0) is 56.7 Å². The minimum absolute atomic E-state index is 0.0583. The third kappa shape index (κ3) is 5.07. The summed E-state index contributed by atoms with van der Waals surface area (Å²) in [6.07, 6.45) is 8.92. The maximum absolute atomic E-state index is 13.2. The lowest BCUT2D eigenvalue weighted by Crippen LogP contribution is -2.37. The standard InChI is InChI=1S/C23H29N3O4S/c27-22(25-17-18-9-8-14-24-23(18)30-19-10-2-3-11-19)20-12-4-5-13-21(20)31(28,29)26-15-6-1-7-16-26/h4-5,8-9,12-14,19H,1-3,6-7,10-11,15-17H2,(H,25,27). The Hall–Kier alpha value is -2.45. The largest absolute Gasteiger partial charge is 0.474 e. The van der Waals surface area contributed by atoms with Crippen LogP contribution in [-0.2, 0) is 16.6 Å². The van der Waals surface area contributed by atoms with Gasteiger partial charge >= 0.3 is 0 Å². The van der Waals surface area contributed by atoms with Crippen LogP contribution >= 0.6 is 0 Å². The number of nitrogens with zero attached hydrogens (tertiary/aromatic N) is 2. The maximum Gasteiger partial charge on any atom is 0.252 e. The first-order chi connectivity index (χ1) is 15.1. The van der Waals surface area contributed by atoms with Gasteiger partial charge in [-0.1, -0.05) is 24.6 Å². The molecule has 2 aromatic rings. The second-order valence-electron chi connectivity index (χ2n) is 8.14. The molecule has 2 fully saturated rings. The number of aromatic nitrogens is 1. The number of amides is 1. The summed E-state index contributed by atoms with van der Waals surface area (Å²) in [5.74, 6) is 0.107. The lowest BCUT2D eigenvalue weighted by atomic mass is 10.2. The highest BCUT2D eigenvalue weighted by atomic mass is 32.2. The van der Waals surface area contributed by atoms with E-state index in [0.717, 1.165) is 50.5 Å². The van der Waals surface area contributed by atoms with Gasteiger partial charge < -0.3 is 10.1 Å². The monoisotopic (exact) mass is 443 g/mol. The molecule has 1 saturated carbocycles. The molecule has 1 aliphatic heterocycles. The number of hydrogen-bond donors (Lipinski definition) is 1. The highest BCUT2D eigenvalue weighted by Crippen LogP contribution is 2.26. The molecule has 0 unspecified atom stereocenters. The summed E-state index contributed by atoms with van der Waals surface area (Å²) in [6.45, 7) is 1.21. The van der Waals surface area contributed by atoms with Gasteiger partial charge in [0, 0.05) is 31.4 Å². The molecule has 2 aliphatic rings. The molecule has 0 radical (unpaired) electrons. The summed E-state index contributed by atoms with van der Waals surface area (Å²) < 4.78 is 33.8. The number of carbonyl (C=O) groups excluding carboxylic acids is 1. The summed E-state index contributed by atoms with van der Waals surface area (Å²) >= 11 is 0. The van der Waals surface area contributed by atoms with Gasteiger partial charge in [-0.15, -0.1) is 0 Å². The molecule has 2 heterocycles. The topological polar surface area (TPSA) is 88.6 Å². The molecule has 31 heavy (non-hydrogen) atoms.